The van der Waals surface area contributed by atoms with Crippen molar-refractivity contribution in [2.75, 3.05) is 12.4 Å². The van der Waals surface area contributed by atoms with Gasteiger partial charge in [0.25, 0.3) is 5.91 Å². The Morgan fingerprint density at radius 3 is 2.36 bits per heavy atom. The van der Waals surface area contributed by atoms with Gasteiger partial charge in [-0.2, -0.15) is 0 Å². The van der Waals surface area contributed by atoms with Gasteiger partial charge in [0.1, 0.15) is 11.5 Å². The van der Waals surface area contributed by atoms with Gasteiger partial charge in [-0.3, -0.25) is 4.79 Å². The molecule has 0 atom stereocenters. The van der Waals surface area contributed by atoms with Gasteiger partial charge in [0.2, 0.25) is 0 Å². The van der Waals surface area contributed by atoms with Crippen LogP contribution in [0.5, 0.6) is 11.5 Å². The van der Waals surface area contributed by atoms with Crippen molar-refractivity contribution >= 4 is 27.5 Å². The van der Waals surface area contributed by atoms with Crippen LogP contribution in [0.3, 0.4) is 0 Å². The first kappa shape index (κ1) is 16.4. The molecule has 22 heavy (non-hydrogen) atoms. The number of benzene rings is 2. The minimum Gasteiger partial charge on any atom is -0.496 e. The van der Waals surface area contributed by atoms with E-state index in [1.165, 1.54) is 0 Å². The second-order valence-corrected chi connectivity index (χ2v) is 5.85. The van der Waals surface area contributed by atoms with Gasteiger partial charge >= 0.3 is 0 Å². The number of halogens is 1. The number of methoxy groups -OCH3 is 1. The fourth-order valence-corrected chi connectivity index (χ4v) is 2.44. The normalized spacial score (nSPS) is 10.4. The summed E-state index contributed by atoms with van der Waals surface area (Å²) in [6.45, 7) is 3.94. The lowest BCUT2D eigenvalue weighted by Crippen LogP contribution is -2.12. The molecule has 0 radical (unpaired) electrons. The maximum absolute atomic E-state index is 12.2. The van der Waals surface area contributed by atoms with E-state index in [4.69, 9.17) is 9.47 Å². The van der Waals surface area contributed by atoms with E-state index in [9.17, 15) is 4.79 Å². The first-order valence-electron chi connectivity index (χ1n) is 6.91. The number of amides is 1. The number of hydrogen-bond acceptors (Lipinski definition) is 3. The first-order valence-corrected chi connectivity index (χ1v) is 7.70. The van der Waals surface area contributed by atoms with Gasteiger partial charge in [0, 0.05) is 11.3 Å². The van der Waals surface area contributed by atoms with E-state index in [0.29, 0.717) is 17.0 Å². The fraction of sp³-hybridized carbons (Fsp3) is 0.235. The Kier molecular flexibility index (Phi) is 5.44. The van der Waals surface area contributed by atoms with E-state index in [1.54, 1.807) is 25.3 Å². The van der Waals surface area contributed by atoms with Crippen LogP contribution in [0, 0.1) is 0 Å². The molecule has 5 heteroatoms. The van der Waals surface area contributed by atoms with Crippen molar-refractivity contribution in [1.82, 2.24) is 0 Å². The Bertz CT molecular complexity index is 653. The molecule has 1 amide bonds. The van der Waals surface area contributed by atoms with Gasteiger partial charge in [0.15, 0.2) is 0 Å². The fourth-order valence-electron chi connectivity index (χ4n) is 1.90. The molecule has 2 rings (SSSR count). The number of ether oxygens (including phenoxy) is 2. The van der Waals surface area contributed by atoms with Crippen molar-refractivity contribution in [3.05, 3.63) is 52.5 Å². The van der Waals surface area contributed by atoms with Crippen molar-refractivity contribution in [1.29, 1.82) is 0 Å². The molecule has 0 saturated carbocycles. The summed E-state index contributed by atoms with van der Waals surface area (Å²) >= 11 is 3.37. The number of carbonyl (C=O) groups is 1. The molecule has 0 saturated heterocycles. The van der Waals surface area contributed by atoms with E-state index < -0.39 is 0 Å². The molecule has 2 aromatic carbocycles. The predicted molar refractivity (Wildman–Crippen MR) is 90.9 cm³/mol. The molecule has 0 aliphatic heterocycles. The van der Waals surface area contributed by atoms with Crippen LogP contribution >= 0.6 is 15.9 Å². The molecule has 0 bridgehead atoms. The van der Waals surface area contributed by atoms with Crippen molar-refractivity contribution in [2.45, 2.75) is 20.0 Å². The molecule has 0 unspecified atom stereocenters. The third-order valence-electron chi connectivity index (χ3n) is 2.90. The predicted octanol–water partition coefficient (Wildman–Crippen LogP) is 4.50. The quantitative estimate of drug-likeness (QED) is 0.850. The highest BCUT2D eigenvalue weighted by molar-refractivity contribution is 9.10. The Morgan fingerprint density at radius 1 is 1.14 bits per heavy atom. The average molecular weight is 364 g/mol. The Hall–Kier alpha value is -2.01. The van der Waals surface area contributed by atoms with Crippen LogP contribution in [0.15, 0.2) is 46.9 Å². The molecule has 0 spiro atoms. The van der Waals surface area contributed by atoms with Crippen molar-refractivity contribution in [2.24, 2.45) is 0 Å². The highest BCUT2D eigenvalue weighted by atomic mass is 79.9. The van der Waals surface area contributed by atoms with Crippen molar-refractivity contribution in [3.8, 4) is 11.5 Å². The number of anilines is 1. The summed E-state index contributed by atoms with van der Waals surface area (Å²) < 4.78 is 11.5. The summed E-state index contributed by atoms with van der Waals surface area (Å²) in [5.74, 6) is 1.29. The molecular formula is C17H18BrNO3. The van der Waals surface area contributed by atoms with Crippen molar-refractivity contribution in [3.63, 3.8) is 0 Å². The largest absolute Gasteiger partial charge is 0.496 e. The third kappa shape index (κ3) is 4.24. The third-order valence-corrected chi connectivity index (χ3v) is 3.52. The van der Waals surface area contributed by atoms with Crippen LogP contribution in [0.25, 0.3) is 0 Å². The topological polar surface area (TPSA) is 47.6 Å². The lowest BCUT2D eigenvalue weighted by Gasteiger charge is -2.11. The van der Waals surface area contributed by atoms with Gasteiger partial charge in [-0.1, -0.05) is 0 Å². The molecule has 1 N–H and O–H groups in total. The highest BCUT2D eigenvalue weighted by Gasteiger charge is 2.09. The van der Waals surface area contributed by atoms with Gasteiger partial charge in [-0.05, 0) is 72.2 Å². The summed E-state index contributed by atoms with van der Waals surface area (Å²) in [4.78, 5) is 12.2. The van der Waals surface area contributed by atoms with Gasteiger partial charge in [-0.25, -0.2) is 0 Å². The maximum atomic E-state index is 12.2. The molecule has 0 fully saturated rings. The van der Waals surface area contributed by atoms with Crippen molar-refractivity contribution < 1.29 is 14.3 Å². The zero-order valence-corrected chi connectivity index (χ0v) is 14.3. The number of carbonyl (C=O) groups excluding carboxylic acids is 1. The van der Waals surface area contributed by atoms with Crippen LogP contribution in [0.1, 0.15) is 24.2 Å². The van der Waals surface area contributed by atoms with Gasteiger partial charge in [0.05, 0.1) is 17.7 Å². The smallest absolute Gasteiger partial charge is 0.255 e. The monoisotopic (exact) mass is 363 g/mol. The van der Waals surface area contributed by atoms with E-state index in [2.05, 4.69) is 21.2 Å². The van der Waals surface area contributed by atoms with E-state index in [1.807, 2.05) is 38.1 Å². The zero-order chi connectivity index (χ0) is 16.1. The maximum Gasteiger partial charge on any atom is 0.255 e. The highest BCUT2D eigenvalue weighted by Crippen LogP contribution is 2.26. The second kappa shape index (κ2) is 7.31. The Labute approximate surface area is 138 Å². The lowest BCUT2D eigenvalue weighted by atomic mass is 10.2. The number of hydrogen-bond donors (Lipinski definition) is 1. The molecule has 0 aliphatic carbocycles. The van der Waals surface area contributed by atoms with Gasteiger partial charge < -0.3 is 14.8 Å². The van der Waals surface area contributed by atoms with Crippen LogP contribution in [0.4, 0.5) is 5.69 Å². The molecule has 116 valence electrons. The summed E-state index contributed by atoms with van der Waals surface area (Å²) in [5.41, 5.74) is 1.27. The van der Waals surface area contributed by atoms with Crippen LogP contribution in [-0.4, -0.2) is 19.1 Å². The molecule has 4 nitrogen and oxygen atoms in total. The minimum atomic E-state index is -0.180. The Balaban J connectivity index is 2.06. The second-order valence-electron chi connectivity index (χ2n) is 4.99. The van der Waals surface area contributed by atoms with E-state index in [-0.39, 0.29) is 12.0 Å². The zero-order valence-electron chi connectivity index (χ0n) is 12.7. The Morgan fingerprint density at radius 2 is 1.82 bits per heavy atom. The SMILES string of the molecule is COc1ccc(C(=O)Nc2ccc(OC(C)C)cc2)cc1Br. The summed E-state index contributed by atoms with van der Waals surface area (Å²) in [6.07, 6.45) is 0.122. The summed E-state index contributed by atoms with van der Waals surface area (Å²) in [5, 5.41) is 2.85. The molecule has 2 aromatic rings. The van der Waals surface area contributed by atoms with E-state index >= 15 is 0 Å². The summed E-state index contributed by atoms with van der Waals surface area (Å²) in [6, 6.07) is 12.5. The van der Waals surface area contributed by atoms with Gasteiger partial charge in [-0.15, -0.1) is 0 Å². The van der Waals surface area contributed by atoms with Crippen LogP contribution in [-0.2, 0) is 0 Å². The first-order chi connectivity index (χ1) is 10.5. The number of rotatable bonds is 5. The lowest BCUT2D eigenvalue weighted by molar-refractivity contribution is 0.102. The average Bonchev–Trinajstić information content (AvgIpc) is 2.48. The molecular weight excluding hydrogens is 346 g/mol. The molecule has 0 aliphatic rings. The van der Waals surface area contributed by atoms with Crippen LogP contribution in [0.2, 0.25) is 0 Å². The minimum absolute atomic E-state index is 0.122. The van der Waals surface area contributed by atoms with E-state index in [0.717, 1.165) is 10.2 Å². The summed E-state index contributed by atoms with van der Waals surface area (Å²) in [7, 11) is 1.58. The van der Waals surface area contributed by atoms with Crippen LogP contribution < -0.4 is 14.8 Å². The standard InChI is InChI=1S/C17H18BrNO3/c1-11(2)22-14-7-5-13(6-8-14)19-17(20)12-4-9-16(21-3)15(18)10-12/h4-11H,1-3H3,(H,19,20). The molecule has 0 aromatic heterocycles. The molecule has 0 heterocycles. The number of nitrogens with one attached hydrogen (secondary N) is 1.